The third-order valence-electron chi connectivity index (χ3n) is 6.67. The lowest BCUT2D eigenvalue weighted by molar-refractivity contribution is -0.192. The molecule has 2 aliphatic heterocycles. The zero-order valence-electron chi connectivity index (χ0n) is 19.7. The summed E-state index contributed by atoms with van der Waals surface area (Å²) in [5, 5.41) is 13.0. The number of benzene rings is 2. The maximum absolute atomic E-state index is 13.3. The monoisotopic (exact) mass is 527 g/mol. The Hall–Kier alpha value is -3.54. The molecule has 0 bridgehead atoms. The summed E-state index contributed by atoms with van der Waals surface area (Å²) in [6.45, 7) is 3.27. The lowest BCUT2D eigenvalue weighted by atomic mass is 9.68. The van der Waals surface area contributed by atoms with Gasteiger partial charge in [0.15, 0.2) is 0 Å². The number of nitrogens with one attached hydrogen (secondary N) is 2. The van der Waals surface area contributed by atoms with Crippen LogP contribution in [0.5, 0.6) is 0 Å². The van der Waals surface area contributed by atoms with Crippen molar-refractivity contribution in [2.75, 3.05) is 32.7 Å². The van der Waals surface area contributed by atoms with Crippen LogP contribution in [0, 0.1) is 17.0 Å². The highest BCUT2D eigenvalue weighted by Gasteiger charge is 2.51. The van der Waals surface area contributed by atoms with Crippen molar-refractivity contribution in [1.29, 1.82) is 0 Å². The number of carboxylic acids is 1. The van der Waals surface area contributed by atoms with Gasteiger partial charge in [-0.05, 0) is 67.9 Å². The molecule has 4 rings (SSSR count). The molecule has 7 nitrogen and oxygen atoms in total. The van der Waals surface area contributed by atoms with Crippen molar-refractivity contribution in [3.8, 4) is 0 Å². The Morgan fingerprint density at radius 3 is 2.03 bits per heavy atom. The van der Waals surface area contributed by atoms with E-state index in [1.807, 2.05) is 0 Å². The molecule has 200 valence electrons. The fraction of sp³-hybridized carbons (Fsp3) is 0.400. The molecule has 1 spiro atoms. The number of carbonyl (C=O) groups excluding carboxylic acids is 2. The zero-order valence-corrected chi connectivity index (χ0v) is 19.7. The number of piperidine rings is 1. The van der Waals surface area contributed by atoms with Crippen molar-refractivity contribution in [2.24, 2.45) is 5.41 Å². The molecule has 12 heteroatoms. The molecule has 3 N–H and O–H groups in total. The van der Waals surface area contributed by atoms with Crippen LogP contribution in [0.3, 0.4) is 0 Å². The summed E-state index contributed by atoms with van der Waals surface area (Å²) in [6, 6.07) is 11.9. The predicted octanol–water partition coefficient (Wildman–Crippen LogP) is 3.32. The summed E-state index contributed by atoms with van der Waals surface area (Å²) in [6.07, 6.45) is -3.63. The van der Waals surface area contributed by atoms with Crippen LogP contribution in [0.15, 0.2) is 48.5 Å². The van der Waals surface area contributed by atoms with Crippen LogP contribution in [0.4, 0.5) is 22.0 Å². The molecule has 2 aromatic carbocycles. The molecular weight excluding hydrogens is 501 g/mol. The van der Waals surface area contributed by atoms with E-state index in [-0.39, 0.29) is 29.4 Å². The molecule has 2 amide bonds. The van der Waals surface area contributed by atoms with Gasteiger partial charge in [0, 0.05) is 31.1 Å². The Kier molecular flexibility index (Phi) is 8.85. The summed E-state index contributed by atoms with van der Waals surface area (Å²) in [4.78, 5) is 36.0. The molecule has 1 atom stereocenters. The lowest BCUT2D eigenvalue weighted by Gasteiger charge is -2.41. The van der Waals surface area contributed by atoms with E-state index in [2.05, 4.69) is 15.5 Å². The van der Waals surface area contributed by atoms with Crippen molar-refractivity contribution in [3.63, 3.8) is 0 Å². The minimum atomic E-state index is -5.08. The lowest BCUT2D eigenvalue weighted by Crippen LogP contribution is -2.47. The van der Waals surface area contributed by atoms with Gasteiger partial charge in [-0.15, -0.1) is 0 Å². The number of likely N-dealkylation sites (tertiary alicyclic amines) is 1. The summed E-state index contributed by atoms with van der Waals surface area (Å²) < 4.78 is 58.0. The van der Waals surface area contributed by atoms with Crippen molar-refractivity contribution in [1.82, 2.24) is 15.5 Å². The predicted molar refractivity (Wildman–Crippen MR) is 123 cm³/mol. The molecular formula is C25H26F5N3O4. The molecule has 2 fully saturated rings. The van der Waals surface area contributed by atoms with Crippen molar-refractivity contribution < 1.29 is 41.4 Å². The van der Waals surface area contributed by atoms with Gasteiger partial charge in [-0.25, -0.2) is 13.6 Å². The largest absolute Gasteiger partial charge is 0.490 e. The van der Waals surface area contributed by atoms with Gasteiger partial charge in [0.2, 0.25) is 5.91 Å². The third-order valence-corrected chi connectivity index (χ3v) is 6.67. The fourth-order valence-corrected chi connectivity index (χ4v) is 4.64. The second kappa shape index (κ2) is 11.7. The van der Waals surface area contributed by atoms with Crippen molar-refractivity contribution in [2.45, 2.75) is 24.9 Å². The normalized spacial score (nSPS) is 19.1. The zero-order chi connectivity index (χ0) is 27.2. The first-order valence-corrected chi connectivity index (χ1v) is 11.5. The van der Waals surface area contributed by atoms with Gasteiger partial charge >= 0.3 is 12.1 Å². The van der Waals surface area contributed by atoms with E-state index in [4.69, 9.17) is 9.90 Å². The van der Waals surface area contributed by atoms with Crippen LogP contribution < -0.4 is 10.6 Å². The second-order valence-electron chi connectivity index (χ2n) is 8.88. The highest BCUT2D eigenvalue weighted by Crippen LogP contribution is 2.47. The number of nitrogens with zero attached hydrogens (tertiary/aromatic N) is 1. The maximum Gasteiger partial charge on any atom is 0.490 e. The minimum absolute atomic E-state index is 0.0472. The van der Waals surface area contributed by atoms with Crippen LogP contribution in [0.1, 0.15) is 34.7 Å². The number of hydrogen-bond donors (Lipinski definition) is 3. The van der Waals surface area contributed by atoms with Gasteiger partial charge in [0.25, 0.3) is 5.91 Å². The minimum Gasteiger partial charge on any atom is -0.475 e. The number of aliphatic carboxylic acids is 1. The fourth-order valence-electron chi connectivity index (χ4n) is 4.64. The Morgan fingerprint density at radius 2 is 1.51 bits per heavy atom. The van der Waals surface area contributed by atoms with E-state index >= 15 is 0 Å². The standard InChI is InChI=1S/C23H25F2N3O2.C2HF3O2/c24-18-5-1-16(2-6-18)20-15-27-22(30)23(20)9-12-28(13-10-23)14-11-26-21(29)17-3-7-19(25)8-4-17;3-2(4,5)1(6)7/h1-8,20H,9-15H2,(H,26,29)(H,27,30);(H,6,7)/t20-;/m0./s1. The number of amides is 2. The smallest absolute Gasteiger partial charge is 0.475 e. The quantitative estimate of drug-likeness (QED) is 0.519. The first kappa shape index (κ1) is 28.0. The SMILES string of the molecule is O=C(NCCN1CCC2(CC1)C(=O)NC[C@H]2c1ccc(F)cc1)c1ccc(F)cc1.O=C(O)C(F)(F)F. The molecule has 37 heavy (non-hydrogen) atoms. The highest BCUT2D eigenvalue weighted by atomic mass is 19.4. The Labute approximate surface area is 209 Å². The number of carbonyl (C=O) groups is 3. The topological polar surface area (TPSA) is 98.7 Å². The van der Waals surface area contributed by atoms with E-state index in [9.17, 15) is 31.5 Å². The summed E-state index contributed by atoms with van der Waals surface area (Å²) in [5.41, 5.74) is 0.972. The number of alkyl halides is 3. The van der Waals surface area contributed by atoms with Gasteiger partial charge in [0.1, 0.15) is 11.6 Å². The van der Waals surface area contributed by atoms with Gasteiger partial charge < -0.3 is 20.6 Å². The summed E-state index contributed by atoms with van der Waals surface area (Å²) in [5.74, 6) is -3.50. The maximum atomic E-state index is 13.3. The Balaban J connectivity index is 0.000000479. The van der Waals surface area contributed by atoms with E-state index in [1.54, 1.807) is 12.1 Å². The van der Waals surface area contributed by atoms with E-state index in [0.29, 0.717) is 25.2 Å². The molecule has 0 radical (unpaired) electrons. The van der Waals surface area contributed by atoms with E-state index in [0.717, 1.165) is 31.5 Å². The first-order chi connectivity index (χ1) is 17.4. The van der Waals surface area contributed by atoms with Gasteiger partial charge in [0.05, 0.1) is 5.41 Å². The van der Waals surface area contributed by atoms with Crippen LogP contribution in [0.25, 0.3) is 0 Å². The highest BCUT2D eigenvalue weighted by molar-refractivity contribution is 5.94. The van der Waals surface area contributed by atoms with Crippen LogP contribution in [-0.4, -0.2) is 66.7 Å². The summed E-state index contributed by atoms with van der Waals surface area (Å²) >= 11 is 0. The number of carboxylic acid groups (broad SMARTS) is 1. The molecule has 2 heterocycles. The van der Waals surface area contributed by atoms with Gasteiger partial charge in [-0.1, -0.05) is 12.1 Å². The van der Waals surface area contributed by atoms with Crippen molar-refractivity contribution >= 4 is 17.8 Å². The van der Waals surface area contributed by atoms with Crippen LogP contribution in [0.2, 0.25) is 0 Å². The Bertz CT molecular complexity index is 1100. The summed E-state index contributed by atoms with van der Waals surface area (Å²) in [7, 11) is 0. The third kappa shape index (κ3) is 7.03. The van der Waals surface area contributed by atoms with Gasteiger partial charge in [-0.2, -0.15) is 13.2 Å². The molecule has 0 aliphatic carbocycles. The number of rotatable bonds is 5. The molecule has 0 aromatic heterocycles. The molecule has 2 aliphatic rings. The van der Waals surface area contributed by atoms with Crippen molar-refractivity contribution in [3.05, 3.63) is 71.3 Å². The Morgan fingerprint density at radius 1 is 1.00 bits per heavy atom. The molecule has 0 saturated carbocycles. The second-order valence-corrected chi connectivity index (χ2v) is 8.88. The number of halogens is 5. The molecule has 0 unspecified atom stereocenters. The molecule has 2 aromatic rings. The molecule has 2 saturated heterocycles. The van der Waals surface area contributed by atoms with Crippen LogP contribution in [-0.2, 0) is 9.59 Å². The average molecular weight is 527 g/mol. The first-order valence-electron chi connectivity index (χ1n) is 11.5. The van der Waals surface area contributed by atoms with E-state index < -0.39 is 17.6 Å². The average Bonchev–Trinajstić information content (AvgIpc) is 3.16. The van der Waals surface area contributed by atoms with Crippen LogP contribution >= 0.6 is 0 Å². The van der Waals surface area contributed by atoms with E-state index in [1.165, 1.54) is 36.4 Å². The van der Waals surface area contributed by atoms with Gasteiger partial charge in [-0.3, -0.25) is 9.59 Å². The number of hydrogen-bond acceptors (Lipinski definition) is 4.